The number of rotatable bonds is 7. The van der Waals surface area contributed by atoms with Crippen LogP contribution < -0.4 is 0 Å². The summed E-state index contributed by atoms with van der Waals surface area (Å²) >= 11 is 0. The van der Waals surface area contributed by atoms with E-state index in [0.29, 0.717) is 12.0 Å². The Morgan fingerprint density at radius 3 is 2.39 bits per heavy atom. The number of likely N-dealkylation sites (tertiary alicyclic amines) is 1. The number of imide groups is 1. The summed E-state index contributed by atoms with van der Waals surface area (Å²) in [6, 6.07) is 8.50. The molecule has 3 rings (SSSR count). The molecule has 150 valence electrons. The van der Waals surface area contributed by atoms with Gasteiger partial charge in [-0.15, -0.1) is 0 Å². The first-order chi connectivity index (χ1) is 13.6. The first-order valence-corrected chi connectivity index (χ1v) is 10.5. The van der Waals surface area contributed by atoms with Crippen molar-refractivity contribution in [2.75, 3.05) is 6.54 Å². The summed E-state index contributed by atoms with van der Waals surface area (Å²) in [4.78, 5) is 51.3. The van der Waals surface area contributed by atoms with Crippen LogP contribution in [0.2, 0.25) is 0 Å². The standard InChI is InChI=1S/C23H29NO4/c25-19(14-8-7-11-17-9-3-1-4-10-17)21-20(26)15-16-24(23(21)28)22(27)18-12-5-2-6-13-18/h2,5-6,12-13,17,21H,1,3-4,7-11,14-16H2. The minimum atomic E-state index is -1.30. The summed E-state index contributed by atoms with van der Waals surface area (Å²) < 4.78 is 0. The second kappa shape index (κ2) is 9.76. The molecular weight excluding hydrogens is 354 g/mol. The smallest absolute Gasteiger partial charge is 0.260 e. The van der Waals surface area contributed by atoms with Gasteiger partial charge in [0.1, 0.15) is 0 Å². The Labute approximate surface area is 166 Å². The zero-order chi connectivity index (χ0) is 19.9. The van der Waals surface area contributed by atoms with Crippen LogP contribution in [0.1, 0.15) is 74.6 Å². The molecule has 2 aliphatic rings. The second-order valence-corrected chi connectivity index (χ2v) is 8.03. The summed E-state index contributed by atoms with van der Waals surface area (Å²) in [5.74, 6) is -2.30. The number of hydrogen-bond donors (Lipinski definition) is 0. The van der Waals surface area contributed by atoms with Crippen LogP contribution >= 0.6 is 0 Å². The number of carbonyl (C=O) groups is 4. The highest BCUT2D eigenvalue weighted by atomic mass is 16.2. The molecule has 0 spiro atoms. The number of ketones is 2. The molecule has 1 atom stereocenters. The van der Waals surface area contributed by atoms with E-state index in [1.807, 2.05) is 0 Å². The van der Waals surface area contributed by atoms with Gasteiger partial charge in [0.25, 0.3) is 5.91 Å². The molecule has 2 amide bonds. The highest BCUT2D eigenvalue weighted by Crippen LogP contribution is 2.28. The van der Waals surface area contributed by atoms with Crippen molar-refractivity contribution in [1.82, 2.24) is 4.90 Å². The molecule has 5 nitrogen and oxygen atoms in total. The number of piperidine rings is 1. The molecule has 1 aliphatic carbocycles. The van der Waals surface area contributed by atoms with E-state index in [1.54, 1.807) is 30.3 Å². The Morgan fingerprint density at radius 1 is 0.964 bits per heavy atom. The third-order valence-electron chi connectivity index (χ3n) is 6.01. The largest absolute Gasteiger partial charge is 0.298 e. The average Bonchev–Trinajstić information content (AvgIpc) is 2.72. The molecule has 0 bridgehead atoms. The lowest BCUT2D eigenvalue weighted by Crippen LogP contribution is -2.51. The van der Waals surface area contributed by atoms with Crippen LogP contribution in [0.4, 0.5) is 0 Å². The maximum absolute atomic E-state index is 12.7. The quantitative estimate of drug-likeness (QED) is 0.406. The van der Waals surface area contributed by atoms with Gasteiger partial charge in [0.15, 0.2) is 17.5 Å². The Morgan fingerprint density at radius 2 is 1.68 bits per heavy atom. The van der Waals surface area contributed by atoms with E-state index in [4.69, 9.17) is 0 Å². The van der Waals surface area contributed by atoms with E-state index in [9.17, 15) is 19.2 Å². The Kier molecular flexibility index (Phi) is 7.12. The third-order valence-corrected chi connectivity index (χ3v) is 6.01. The molecule has 0 N–H and O–H groups in total. The van der Waals surface area contributed by atoms with Crippen LogP contribution in [0.3, 0.4) is 0 Å². The summed E-state index contributed by atoms with van der Waals surface area (Å²) in [7, 11) is 0. The van der Waals surface area contributed by atoms with Gasteiger partial charge in [-0.1, -0.05) is 63.1 Å². The molecule has 1 saturated heterocycles. The molecule has 0 radical (unpaired) electrons. The van der Waals surface area contributed by atoms with E-state index < -0.39 is 17.7 Å². The predicted molar refractivity (Wildman–Crippen MR) is 106 cm³/mol. The molecule has 5 heteroatoms. The van der Waals surface area contributed by atoms with Crippen molar-refractivity contribution in [2.45, 2.75) is 64.2 Å². The molecule has 1 heterocycles. The van der Waals surface area contributed by atoms with Crippen molar-refractivity contribution in [3.8, 4) is 0 Å². The molecule has 1 aromatic rings. The number of Topliss-reactive ketones (excluding diaryl/α,β-unsaturated/α-hetero) is 2. The van der Waals surface area contributed by atoms with Crippen molar-refractivity contribution >= 4 is 23.4 Å². The van der Waals surface area contributed by atoms with Gasteiger partial charge in [-0.2, -0.15) is 0 Å². The third kappa shape index (κ3) is 4.94. The van der Waals surface area contributed by atoms with E-state index >= 15 is 0 Å². The number of nitrogens with zero attached hydrogens (tertiary/aromatic N) is 1. The van der Waals surface area contributed by atoms with Crippen molar-refractivity contribution in [1.29, 1.82) is 0 Å². The zero-order valence-corrected chi connectivity index (χ0v) is 16.4. The predicted octanol–water partition coefficient (Wildman–Crippen LogP) is 3.95. The second-order valence-electron chi connectivity index (χ2n) is 8.03. The summed E-state index contributed by atoms with van der Waals surface area (Å²) in [5, 5.41) is 0. The lowest BCUT2D eigenvalue weighted by Gasteiger charge is -2.29. The van der Waals surface area contributed by atoms with E-state index in [1.165, 1.54) is 32.1 Å². The minimum absolute atomic E-state index is 0.0524. The maximum atomic E-state index is 12.7. The number of amides is 2. The number of benzene rings is 1. The minimum Gasteiger partial charge on any atom is -0.298 e. The summed E-state index contributed by atoms with van der Waals surface area (Å²) in [6.45, 7) is 0.0524. The van der Waals surface area contributed by atoms with Crippen molar-refractivity contribution < 1.29 is 19.2 Å². The Hall–Kier alpha value is -2.30. The monoisotopic (exact) mass is 383 g/mol. The highest BCUT2D eigenvalue weighted by molar-refractivity contribution is 6.23. The van der Waals surface area contributed by atoms with Gasteiger partial charge in [-0.05, 0) is 24.5 Å². The molecule has 0 aromatic heterocycles. The van der Waals surface area contributed by atoms with E-state index in [-0.39, 0.29) is 31.0 Å². The number of hydrogen-bond acceptors (Lipinski definition) is 4. The fraction of sp³-hybridized carbons (Fsp3) is 0.565. The first kappa shape index (κ1) is 20.4. The number of unbranched alkanes of at least 4 members (excludes halogenated alkanes) is 1. The number of carbonyl (C=O) groups excluding carboxylic acids is 4. The van der Waals surface area contributed by atoms with Crippen LogP contribution in [0, 0.1) is 11.8 Å². The lowest BCUT2D eigenvalue weighted by atomic mass is 9.84. The normalized spacial score (nSPS) is 21.0. The Balaban J connectivity index is 1.53. The van der Waals surface area contributed by atoms with Crippen LogP contribution in [0.15, 0.2) is 30.3 Å². The van der Waals surface area contributed by atoms with Crippen molar-refractivity contribution in [3.63, 3.8) is 0 Å². The molecular formula is C23H29NO4. The zero-order valence-electron chi connectivity index (χ0n) is 16.4. The van der Waals surface area contributed by atoms with Gasteiger partial charge in [0.2, 0.25) is 5.91 Å². The maximum Gasteiger partial charge on any atom is 0.260 e. The van der Waals surface area contributed by atoms with Crippen molar-refractivity contribution in [3.05, 3.63) is 35.9 Å². The van der Waals surface area contributed by atoms with Crippen molar-refractivity contribution in [2.24, 2.45) is 11.8 Å². The van der Waals surface area contributed by atoms with Crippen LogP contribution in [-0.4, -0.2) is 34.8 Å². The van der Waals surface area contributed by atoms with Crippen LogP contribution in [0.25, 0.3) is 0 Å². The van der Waals surface area contributed by atoms with Gasteiger partial charge < -0.3 is 0 Å². The molecule has 1 saturated carbocycles. The average molecular weight is 383 g/mol. The summed E-state index contributed by atoms with van der Waals surface area (Å²) in [5.41, 5.74) is 0.392. The van der Waals surface area contributed by atoms with Gasteiger partial charge >= 0.3 is 0 Å². The fourth-order valence-electron chi connectivity index (χ4n) is 4.38. The molecule has 1 aromatic carbocycles. The van der Waals surface area contributed by atoms with Gasteiger partial charge in [-0.25, -0.2) is 0 Å². The molecule has 1 unspecified atom stereocenters. The van der Waals surface area contributed by atoms with E-state index in [0.717, 1.165) is 23.7 Å². The van der Waals surface area contributed by atoms with Gasteiger partial charge in [0.05, 0.1) is 0 Å². The van der Waals surface area contributed by atoms with Gasteiger partial charge in [-0.3, -0.25) is 24.1 Å². The lowest BCUT2D eigenvalue weighted by molar-refractivity contribution is -0.148. The fourth-order valence-corrected chi connectivity index (χ4v) is 4.38. The molecule has 2 fully saturated rings. The van der Waals surface area contributed by atoms with E-state index in [2.05, 4.69) is 0 Å². The topological polar surface area (TPSA) is 71.5 Å². The SMILES string of the molecule is O=C(CCCCC1CCCCC1)C1C(=O)CCN(C(=O)c2ccccc2)C1=O. The highest BCUT2D eigenvalue weighted by Gasteiger charge is 2.42. The Bertz CT molecular complexity index is 721. The van der Waals surface area contributed by atoms with Crippen LogP contribution in [-0.2, 0) is 14.4 Å². The summed E-state index contributed by atoms with van der Waals surface area (Å²) in [6.07, 6.45) is 9.59. The first-order valence-electron chi connectivity index (χ1n) is 10.5. The molecule has 28 heavy (non-hydrogen) atoms. The van der Waals surface area contributed by atoms with Gasteiger partial charge in [0, 0.05) is 24.9 Å². The molecule has 1 aliphatic heterocycles. The van der Waals surface area contributed by atoms with Crippen LogP contribution in [0.5, 0.6) is 0 Å².